The summed E-state index contributed by atoms with van der Waals surface area (Å²) in [6.07, 6.45) is 4.01. The van der Waals surface area contributed by atoms with Crippen molar-refractivity contribution in [2.75, 3.05) is 19.7 Å². The maximum absolute atomic E-state index is 14.0. The molecule has 330 valence electrons. The van der Waals surface area contributed by atoms with E-state index in [9.17, 15) is 34.5 Å². The topological polar surface area (TPSA) is 190 Å². The van der Waals surface area contributed by atoms with Crippen LogP contribution in [0, 0.1) is 29.6 Å². The van der Waals surface area contributed by atoms with Gasteiger partial charge < -0.3 is 40.9 Å². The van der Waals surface area contributed by atoms with Crippen molar-refractivity contribution in [3.63, 3.8) is 0 Å². The number of likely N-dealkylation sites (tertiary alicyclic amines) is 1. The Balaban J connectivity index is 0.867. The van der Waals surface area contributed by atoms with Gasteiger partial charge in [-0.2, -0.15) is 0 Å². The first kappa shape index (κ1) is 44.7. The van der Waals surface area contributed by atoms with Crippen LogP contribution in [0.3, 0.4) is 0 Å². The lowest BCUT2D eigenvalue weighted by molar-refractivity contribution is -0.144. The Morgan fingerprint density at radius 1 is 1.02 bits per heavy atom. The summed E-state index contributed by atoms with van der Waals surface area (Å²) in [6, 6.07) is 11.7. The number of carbonyl (C=O) groups is 4. The average Bonchev–Trinajstić information content (AvgIpc) is 3.92. The number of fused-ring (bicyclic) bond motifs is 5. The number of hydrogen-bond donors (Lipinski definition) is 6. The average molecular weight is 858 g/mol. The molecule has 13 nitrogen and oxygen atoms in total. The van der Waals surface area contributed by atoms with Crippen LogP contribution in [0.4, 0.5) is 0 Å². The zero-order valence-electron chi connectivity index (χ0n) is 36.1. The maximum Gasteiger partial charge on any atom is 0.246 e. The van der Waals surface area contributed by atoms with Crippen molar-refractivity contribution in [3.8, 4) is 16.2 Å². The smallest absolute Gasteiger partial charge is 0.246 e. The quantitative estimate of drug-likeness (QED) is 0.119. The maximum atomic E-state index is 14.0. The predicted octanol–water partition coefficient (Wildman–Crippen LogP) is 5.13. The van der Waals surface area contributed by atoms with Crippen LogP contribution >= 0.6 is 11.3 Å². The first-order valence-corrected chi connectivity index (χ1v) is 22.8. The molecule has 3 aliphatic carbocycles. The van der Waals surface area contributed by atoms with Gasteiger partial charge in [0, 0.05) is 38.4 Å². The first-order valence-electron chi connectivity index (χ1n) is 22.0. The van der Waals surface area contributed by atoms with Crippen LogP contribution in [-0.4, -0.2) is 98.9 Å². The van der Waals surface area contributed by atoms with Crippen LogP contribution in [0.15, 0.2) is 48.0 Å². The van der Waals surface area contributed by atoms with Crippen LogP contribution in [0.2, 0.25) is 0 Å². The van der Waals surface area contributed by atoms with Gasteiger partial charge in [-0.1, -0.05) is 58.0 Å². The number of aryl methyl sites for hydroxylation is 2. The zero-order chi connectivity index (χ0) is 43.6. The molecular weight excluding hydrogens is 795 g/mol. The molecule has 6 N–H and O–H groups in total. The van der Waals surface area contributed by atoms with E-state index in [2.05, 4.69) is 27.9 Å². The molecule has 0 radical (unpaired) electrons. The highest BCUT2D eigenvalue weighted by molar-refractivity contribution is 7.13. The SMILES string of the molecule is Cc1ncsc1-c1ccc(CNC(=O)[C@@H]2C[C@@H](O)CN2C(=O)[C@@H](NC(=O)CCCCNC(=O)CO[C@H]2C[C@@]3(C)C(CC[C@@H]3O)C3CCc4cc(O)ccc4C32)C(C)(C)C)cc1. The minimum absolute atomic E-state index is 0.00665. The number of ether oxygens (including phenoxy) is 1. The summed E-state index contributed by atoms with van der Waals surface area (Å²) in [6.45, 7) is 10.2. The van der Waals surface area contributed by atoms with Gasteiger partial charge in [0.15, 0.2) is 0 Å². The number of phenolic OH excluding ortho intramolecular Hbond substituents is 1. The number of unbranched alkanes of at least 4 members (excludes halogenated alkanes) is 1. The molecule has 1 aliphatic heterocycles. The number of aliphatic hydroxyl groups is 2. The fraction of sp³-hybridized carbons (Fsp3) is 0.596. The Labute approximate surface area is 363 Å². The van der Waals surface area contributed by atoms with E-state index in [0.29, 0.717) is 37.6 Å². The molecule has 0 bridgehead atoms. The highest BCUT2D eigenvalue weighted by Gasteiger charge is 2.58. The van der Waals surface area contributed by atoms with Crippen molar-refractivity contribution in [3.05, 3.63) is 70.4 Å². The number of aromatic nitrogens is 1. The number of thiazole rings is 1. The monoisotopic (exact) mass is 857 g/mol. The Bertz CT molecular complexity index is 2070. The lowest BCUT2D eigenvalue weighted by Gasteiger charge is -2.53. The van der Waals surface area contributed by atoms with E-state index in [1.54, 1.807) is 17.4 Å². The highest BCUT2D eigenvalue weighted by atomic mass is 32.1. The molecule has 2 saturated carbocycles. The molecule has 4 aliphatic rings. The van der Waals surface area contributed by atoms with E-state index in [0.717, 1.165) is 52.9 Å². The molecule has 4 amide bonds. The minimum atomic E-state index is -0.927. The molecular formula is C47H63N5O8S. The van der Waals surface area contributed by atoms with Crippen molar-refractivity contribution in [1.29, 1.82) is 0 Å². The summed E-state index contributed by atoms with van der Waals surface area (Å²) in [5.74, 6) is -0.272. The summed E-state index contributed by atoms with van der Waals surface area (Å²) in [4.78, 5) is 60.6. The largest absolute Gasteiger partial charge is 0.508 e. The third-order valence-corrected chi connectivity index (χ3v) is 14.9. The molecule has 1 aromatic heterocycles. The zero-order valence-corrected chi connectivity index (χ0v) is 36.9. The number of hydrogen-bond acceptors (Lipinski definition) is 10. The summed E-state index contributed by atoms with van der Waals surface area (Å²) < 4.78 is 6.41. The molecule has 0 spiro atoms. The normalized spacial score (nSPS) is 27.4. The second-order valence-corrected chi connectivity index (χ2v) is 20.0. The number of aromatic hydroxyl groups is 1. The van der Waals surface area contributed by atoms with Gasteiger partial charge in [0.1, 0.15) is 24.4 Å². The number of nitrogens with one attached hydrogen (secondary N) is 3. The second-order valence-electron chi connectivity index (χ2n) is 19.1. The lowest BCUT2D eigenvalue weighted by Crippen LogP contribution is -2.57. The fourth-order valence-electron chi connectivity index (χ4n) is 10.6. The van der Waals surface area contributed by atoms with Gasteiger partial charge >= 0.3 is 0 Å². The Hall–Kier alpha value is -4.37. The van der Waals surface area contributed by atoms with E-state index in [4.69, 9.17) is 4.74 Å². The third-order valence-electron chi connectivity index (χ3n) is 13.9. The number of phenols is 1. The number of aliphatic hydroxyl groups excluding tert-OH is 2. The Kier molecular flexibility index (Phi) is 13.6. The van der Waals surface area contributed by atoms with Crippen LogP contribution < -0.4 is 16.0 Å². The summed E-state index contributed by atoms with van der Waals surface area (Å²) in [5, 5.41) is 40.6. The van der Waals surface area contributed by atoms with Gasteiger partial charge in [-0.25, -0.2) is 4.98 Å². The Morgan fingerprint density at radius 3 is 2.51 bits per heavy atom. The summed E-state index contributed by atoms with van der Waals surface area (Å²) >= 11 is 1.57. The van der Waals surface area contributed by atoms with Crippen LogP contribution in [-0.2, 0) is 36.9 Å². The van der Waals surface area contributed by atoms with Crippen LogP contribution in [0.5, 0.6) is 5.75 Å². The summed E-state index contributed by atoms with van der Waals surface area (Å²) in [5.41, 5.74) is 6.08. The van der Waals surface area contributed by atoms with Crippen molar-refractivity contribution >= 4 is 35.0 Å². The van der Waals surface area contributed by atoms with Gasteiger partial charge in [-0.15, -0.1) is 11.3 Å². The van der Waals surface area contributed by atoms with Crippen LogP contribution in [0.25, 0.3) is 10.4 Å². The van der Waals surface area contributed by atoms with Crippen molar-refractivity contribution in [1.82, 2.24) is 25.8 Å². The number of carbonyl (C=O) groups excluding carboxylic acids is 4. The third kappa shape index (κ3) is 9.82. The van der Waals surface area contributed by atoms with Gasteiger partial charge in [-0.3, -0.25) is 19.2 Å². The van der Waals surface area contributed by atoms with Crippen molar-refractivity contribution in [2.45, 2.75) is 135 Å². The molecule has 2 heterocycles. The number of benzene rings is 2. The Morgan fingerprint density at radius 2 is 1.79 bits per heavy atom. The van der Waals surface area contributed by atoms with Crippen LogP contribution in [0.1, 0.15) is 107 Å². The van der Waals surface area contributed by atoms with Crippen molar-refractivity contribution in [2.24, 2.45) is 22.7 Å². The molecule has 61 heavy (non-hydrogen) atoms. The van der Waals surface area contributed by atoms with Gasteiger partial charge in [0.25, 0.3) is 0 Å². The minimum Gasteiger partial charge on any atom is -0.508 e. The van der Waals surface area contributed by atoms with E-state index in [1.165, 1.54) is 10.5 Å². The molecule has 9 atom stereocenters. The second kappa shape index (κ2) is 18.5. The van der Waals surface area contributed by atoms with E-state index in [-0.39, 0.29) is 73.4 Å². The lowest BCUT2D eigenvalue weighted by atomic mass is 9.54. The molecule has 7 rings (SSSR count). The fourth-order valence-corrected chi connectivity index (χ4v) is 11.4. The van der Waals surface area contributed by atoms with Gasteiger partial charge in [0.2, 0.25) is 23.6 Å². The number of nitrogens with zero attached hydrogens (tertiary/aromatic N) is 2. The highest BCUT2D eigenvalue weighted by Crippen LogP contribution is 2.61. The number of rotatable bonds is 14. The molecule has 1 saturated heterocycles. The number of amides is 4. The predicted molar refractivity (Wildman–Crippen MR) is 232 cm³/mol. The standard InChI is InChI=1S/C47H63N5O8S/c1-27-42(61-26-50-27)29-11-9-28(10-12-29)23-49-44(58)36-21-32(54)24-52(36)45(59)43(46(2,3)4)51-39(56)8-6-7-19-48-40(57)25-60-37-22-47(5)35(17-18-38(47)55)34-15-13-30-20-31(53)14-16-33(30)41(34)37/h9-12,14,16,20,26,32,34-38,41,43,53-55H,6-8,13,15,17-19,21-25H2,1-5H3,(H,48,57)(H,49,58)(H,51,56)/t32-,34?,35?,36+,37+,38+,41?,43-,47+/m1/s1. The number of β-amino-alcohol motifs (C(OH)–C–C–N with tert-alkyl or cyclic N) is 1. The van der Waals surface area contributed by atoms with Gasteiger partial charge in [0.05, 0.1) is 34.4 Å². The molecule has 3 unspecified atom stereocenters. The first-order chi connectivity index (χ1) is 29.0. The van der Waals surface area contributed by atoms with Crippen molar-refractivity contribution < 1.29 is 39.2 Å². The summed E-state index contributed by atoms with van der Waals surface area (Å²) in [7, 11) is 0. The van der Waals surface area contributed by atoms with E-state index in [1.807, 2.05) is 69.6 Å². The van der Waals surface area contributed by atoms with E-state index < -0.39 is 35.6 Å². The molecule has 14 heteroatoms. The van der Waals surface area contributed by atoms with E-state index >= 15 is 0 Å². The molecule has 3 aromatic rings. The molecule has 3 fully saturated rings. The van der Waals surface area contributed by atoms with Gasteiger partial charge in [-0.05, 0) is 109 Å². The molecule has 2 aromatic carbocycles.